The minimum absolute atomic E-state index is 0.0700. The van der Waals surface area contributed by atoms with Gasteiger partial charge in [0.25, 0.3) is 0 Å². The van der Waals surface area contributed by atoms with Crippen LogP contribution < -0.4 is 9.80 Å². The van der Waals surface area contributed by atoms with Crippen LogP contribution in [0.25, 0.3) is 11.3 Å². The fraction of sp³-hybridized carbons (Fsp3) is 0.308. The third kappa shape index (κ3) is 3.44. The van der Waals surface area contributed by atoms with E-state index >= 15 is 0 Å². The number of hydrogen-bond donors (Lipinski definition) is 0. The van der Waals surface area contributed by atoms with Crippen LogP contribution in [0.5, 0.6) is 0 Å². The first kappa shape index (κ1) is 22.5. The molecule has 0 radical (unpaired) electrons. The molecule has 2 aromatic carbocycles. The highest BCUT2D eigenvalue weighted by molar-refractivity contribution is 6.08. The summed E-state index contributed by atoms with van der Waals surface area (Å²) < 4.78 is 5.28. The van der Waals surface area contributed by atoms with Crippen molar-refractivity contribution >= 4 is 29.5 Å². The third-order valence-corrected chi connectivity index (χ3v) is 6.62. The maximum Gasteiger partial charge on any atom is 0.236 e. The summed E-state index contributed by atoms with van der Waals surface area (Å²) >= 11 is 0. The minimum atomic E-state index is -0.481. The van der Waals surface area contributed by atoms with Crippen LogP contribution in [0.1, 0.15) is 49.2 Å². The van der Waals surface area contributed by atoms with Crippen LogP contribution in [0.15, 0.2) is 53.4 Å². The lowest BCUT2D eigenvalue weighted by atomic mass is 9.86. The van der Waals surface area contributed by atoms with E-state index in [-0.39, 0.29) is 11.8 Å². The summed E-state index contributed by atoms with van der Waals surface area (Å²) in [6.07, 6.45) is 3.87. The smallest absolute Gasteiger partial charge is 0.236 e. The molecule has 2 amide bonds. The Morgan fingerprint density at radius 3 is 1.91 bits per heavy atom. The molecular formula is C26H27N3O4. The average Bonchev–Trinajstić information content (AvgIpc) is 3.45. The molecule has 0 atom stereocenters. The van der Waals surface area contributed by atoms with E-state index in [0.29, 0.717) is 11.3 Å². The summed E-state index contributed by atoms with van der Waals surface area (Å²) in [4.78, 5) is 42.0. The predicted octanol–water partition coefficient (Wildman–Crippen LogP) is 4.35. The molecule has 2 aliphatic rings. The number of fused-ring (bicyclic) bond motifs is 2. The number of carbonyl (C=O) groups is 3. The lowest BCUT2D eigenvalue weighted by Crippen LogP contribution is -2.33. The molecule has 2 aliphatic heterocycles. The number of likely N-dealkylation sites (N-methyl/N-ethyl adjacent to an activating group) is 2. The van der Waals surface area contributed by atoms with Gasteiger partial charge in [0.2, 0.25) is 11.8 Å². The van der Waals surface area contributed by atoms with Crippen LogP contribution in [0, 0.1) is 0 Å². The SMILES string of the molecule is CN1C(=O)C(C)(C)c2ccc(-c3cnco3)cc21.CN1C(=O)C(C)(C)c2ccc(C=O)cc21. The van der Waals surface area contributed by atoms with Crippen molar-refractivity contribution in [2.45, 2.75) is 38.5 Å². The molecule has 7 heteroatoms. The van der Waals surface area contributed by atoms with Crippen molar-refractivity contribution in [2.75, 3.05) is 23.9 Å². The standard InChI is InChI=1S/C14H14N2O2.C12H13NO2/c1-14(2)10-5-4-9(12-7-15-8-18-12)6-11(10)16(3)13(14)17;1-12(2)9-5-4-8(7-14)6-10(9)13(3)11(12)15/h4-8H,1-3H3;4-7H,1-3H3. The van der Waals surface area contributed by atoms with E-state index in [0.717, 1.165) is 34.4 Å². The van der Waals surface area contributed by atoms with Gasteiger partial charge in [0, 0.05) is 36.6 Å². The Morgan fingerprint density at radius 1 is 0.848 bits per heavy atom. The first-order chi connectivity index (χ1) is 15.5. The second-order valence-electron chi connectivity index (χ2n) is 9.47. The summed E-state index contributed by atoms with van der Waals surface area (Å²) in [6.45, 7) is 7.70. The number of amides is 2. The highest BCUT2D eigenvalue weighted by Crippen LogP contribution is 2.43. The van der Waals surface area contributed by atoms with Crippen LogP contribution in [-0.2, 0) is 20.4 Å². The van der Waals surface area contributed by atoms with Crippen molar-refractivity contribution in [2.24, 2.45) is 0 Å². The maximum absolute atomic E-state index is 12.2. The van der Waals surface area contributed by atoms with Crippen molar-refractivity contribution in [3.8, 4) is 11.3 Å². The summed E-state index contributed by atoms with van der Waals surface area (Å²) in [5.41, 5.74) is 4.43. The predicted molar refractivity (Wildman–Crippen MR) is 127 cm³/mol. The van der Waals surface area contributed by atoms with Gasteiger partial charge in [-0.25, -0.2) is 4.98 Å². The number of anilines is 2. The number of aromatic nitrogens is 1. The number of carbonyl (C=O) groups excluding carboxylic acids is 3. The van der Waals surface area contributed by atoms with Gasteiger partial charge in [0.15, 0.2) is 12.2 Å². The Morgan fingerprint density at radius 2 is 1.39 bits per heavy atom. The molecule has 0 saturated carbocycles. The Balaban J connectivity index is 0.000000160. The number of benzene rings is 2. The summed E-state index contributed by atoms with van der Waals surface area (Å²) in [6, 6.07) is 11.3. The summed E-state index contributed by atoms with van der Waals surface area (Å²) in [5, 5.41) is 0. The second kappa shape index (κ2) is 7.69. The van der Waals surface area contributed by atoms with Crippen molar-refractivity contribution in [3.05, 3.63) is 65.7 Å². The molecule has 0 fully saturated rings. The zero-order chi connectivity index (χ0) is 24.1. The first-order valence-corrected chi connectivity index (χ1v) is 10.7. The number of rotatable bonds is 2. The zero-order valence-electron chi connectivity index (χ0n) is 19.7. The van der Waals surface area contributed by atoms with E-state index in [4.69, 9.17) is 4.42 Å². The first-order valence-electron chi connectivity index (χ1n) is 10.7. The van der Waals surface area contributed by atoms with Gasteiger partial charge in [-0.15, -0.1) is 0 Å². The molecule has 0 unspecified atom stereocenters. The fourth-order valence-electron chi connectivity index (χ4n) is 4.56. The molecule has 33 heavy (non-hydrogen) atoms. The van der Waals surface area contributed by atoms with Gasteiger partial charge in [0.05, 0.1) is 17.0 Å². The lowest BCUT2D eigenvalue weighted by Gasteiger charge is -2.16. The molecule has 1 aromatic heterocycles. The summed E-state index contributed by atoms with van der Waals surface area (Å²) in [7, 11) is 3.55. The Kier molecular flexibility index (Phi) is 5.23. The highest BCUT2D eigenvalue weighted by Gasteiger charge is 2.43. The average molecular weight is 446 g/mol. The number of oxazole rings is 1. The molecule has 0 aliphatic carbocycles. The van der Waals surface area contributed by atoms with Gasteiger partial charge in [-0.3, -0.25) is 14.4 Å². The Hall–Kier alpha value is -3.74. The number of nitrogens with zero attached hydrogens (tertiary/aromatic N) is 3. The zero-order valence-corrected chi connectivity index (χ0v) is 19.7. The summed E-state index contributed by atoms with van der Waals surface area (Å²) in [5.74, 6) is 0.899. The topological polar surface area (TPSA) is 83.7 Å². The van der Waals surface area contributed by atoms with Crippen molar-refractivity contribution in [1.82, 2.24) is 4.98 Å². The Labute approximate surface area is 193 Å². The van der Waals surface area contributed by atoms with Crippen LogP contribution >= 0.6 is 0 Å². The van der Waals surface area contributed by atoms with Crippen LogP contribution in [0.3, 0.4) is 0 Å². The molecule has 0 N–H and O–H groups in total. The van der Waals surface area contributed by atoms with E-state index in [1.54, 1.807) is 42.2 Å². The molecule has 170 valence electrons. The van der Waals surface area contributed by atoms with Crippen LogP contribution in [0.4, 0.5) is 11.4 Å². The van der Waals surface area contributed by atoms with E-state index < -0.39 is 10.8 Å². The van der Waals surface area contributed by atoms with Gasteiger partial charge >= 0.3 is 0 Å². The van der Waals surface area contributed by atoms with E-state index in [2.05, 4.69) is 4.98 Å². The number of aldehydes is 1. The van der Waals surface area contributed by atoms with Crippen molar-refractivity contribution in [1.29, 1.82) is 0 Å². The normalized spacial score (nSPS) is 17.4. The largest absolute Gasteiger partial charge is 0.444 e. The van der Waals surface area contributed by atoms with Gasteiger partial charge in [-0.05, 0) is 51.0 Å². The Bertz CT molecular complexity index is 1260. The molecule has 3 aromatic rings. The lowest BCUT2D eigenvalue weighted by molar-refractivity contribution is -0.122. The van der Waals surface area contributed by atoms with E-state index in [9.17, 15) is 14.4 Å². The third-order valence-electron chi connectivity index (χ3n) is 6.62. The van der Waals surface area contributed by atoms with Crippen LogP contribution in [0.2, 0.25) is 0 Å². The second-order valence-corrected chi connectivity index (χ2v) is 9.47. The molecular weight excluding hydrogens is 418 g/mol. The van der Waals surface area contributed by atoms with Gasteiger partial charge in [-0.2, -0.15) is 0 Å². The van der Waals surface area contributed by atoms with Crippen LogP contribution in [-0.4, -0.2) is 37.2 Å². The maximum atomic E-state index is 12.2. The molecule has 7 nitrogen and oxygen atoms in total. The molecule has 0 spiro atoms. The monoisotopic (exact) mass is 445 g/mol. The molecule has 0 bridgehead atoms. The van der Waals surface area contributed by atoms with Gasteiger partial charge < -0.3 is 14.2 Å². The molecule has 5 rings (SSSR count). The van der Waals surface area contributed by atoms with Gasteiger partial charge in [0.1, 0.15) is 6.29 Å². The minimum Gasteiger partial charge on any atom is -0.444 e. The fourth-order valence-corrected chi connectivity index (χ4v) is 4.56. The van der Waals surface area contributed by atoms with Crippen molar-refractivity contribution in [3.63, 3.8) is 0 Å². The highest BCUT2D eigenvalue weighted by atomic mass is 16.3. The number of hydrogen-bond acceptors (Lipinski definition) is 5. The van der Waals surface area contributed by atoms with Crippen molar-refractivity contribution < 1.29 is 18.8 Å². The quantitative estimate of drug-likeness (QED) is 0.548. The van der Waals surface area contributed by atoms with Gasteiger partial charge in [-0.1, -0.05) is 24.3 Å². The van der Waals surface area contributed by atoms with E-state index in [1.807, 2.05) is 52.0 Å². The molecule has 0 saturated heterocycles. The molecule has 3 heterocycles. The van der Waals surface area contributed by atoms with E-state index in [1.165, 1.54) is 6.39 Å².